The van der Waals surface area contributed by atoms with E-state index < -0.39 is 21.8 Å². The molecule has 0 aliphatic rings. The largest absolute Gasteiger partial charge is 0.416 e. The molecule has 0 fully saturated rings. The SMILES string of the molecule is CN(C)S(=O)(=O)c1ccc2c(c1)nc(CCC(=O)NCc1ccc(C(F)(F)F)cc1)n2C. The second-order valence-electron chi connectivity index (χ2n) is 7.50. The van der Waals surface area contributed by atoms with Crippen LogP contribution in [-0.2, 0) is 41.0 Å². The van der Waals surface area contributed by atoms with Gasteiger partial charge in [-0.2, -0.15) is 13.2 Å². The summed E-state index contributed by atoms with van der Waals surface area (Å²) in [6.07, 6.45) is -3.95. The summed E-state index contributed by atoms with van der Waals surface area (Å²) in [5, 5.41) is 2.68. The Hall–Kier alpha value is -2.92. The number of carbonyl (C=O) groups is 1. The lowest BCUT2D eigenvalue weighted by atomic mass is 10.1. The second-order valence-corrected chi connectivity index (χ2v) is 9.65. The fourth-order valence-corrected chi connectivity index (χ4v) is 4.07. The maximum Gasteiger partial charge on any atom is 0.416 e. The molecule has 0 saturated carbocycles. The molecular formula is C21H23F3N4O3S. The van der Waals surface area contributed by atoms with E-state index in [-0.39, 0.29) is 23.8 Å². The van der Waals surface area contributed by atoms with Crippen molar-refractivity contribution in [1.82, 2.24) is 19.2 Å². The van der Waals surface area contributed by atoms with E-state index in [0.717, 1.165) is 22.0 Å². The van der Waals surface area contributed by atoms with Crippen LogP contribution in [0, 0.1) is 0 Å². The van der Waals surface area contributed by atoms with E-state index in [1.165, 1.54) is 38.4 Å². The summed E-state index contributed by atoms with van der Waals surface area (Å²) in [6.45, 7) is 0.116. The summed E-state index contributed by atoms with van der Waals surface area (Å²) in [7, 11) is 1.10. The monoisotopic (exact) mass is 468 g/mol. The standard InChI is InChI=1S/C21H23F3N4O3S/c1-27(2)32(30,31)16-8-9-18-17(12-16)26-19(28(18)3)10-11-20(29)25-13-14-4-6-15(7-5-14)21(22,23)24/h4-9,12H,10-11,13H2,1-3H3,(H,25,29). The number of rotatable bonds is 7. The number of benzene rings is 2. The van der Waals surface area contributed by atoms with Crippen LogP contribution in [0.2, 0.25) is 0 Å². The average Bonchev–Trinajstić information content (AvgIpc) is 3.05. The molecule has 3 aromatic rings. The van der Waals surface area contributed by atoms with Crippen molar-refractivity contribution < 1.29 is 26.4 Å². The highest BCUT2D eigenvalue weighted by Crippen LogP contribution is 2.29. The van der Waals surface area contributed by atoms with E-state index in [2.05, 4.69) is 10.3 Å². The van der Waals surface area contributed by atoms with E-state index in [4.69, 9.17) is 0 Å². The molecule has 2 aromatic carbocycles. The normalized spacial score (nSPS) is 12.5. The van der Waals surface area contributed by atoms with Gasteiger partial charge in [-0.05, 0) is 35.9 Å². The highest BCUT2D eigenvalue weighted by Gasteiger charge is 2.29. The number of alkyl halides is 3. The van der Waals surface area contributed by atoms with E-state index in [1.54, 1.807) is 17.7 Å². The number of sulfonamides is 1. The maximum atomic E-state index is 12.6. The molecule has 0 saturated heterocycles. The first kappa shape index (κ1) is 23.7. The first-order valence-corrected chi connectivity index (χ1v) is 11.1. The first-order valence-electron chi connectivity index (χ1n) is 9.70. The highest BCUT2D eigenvalue weighted by molar-refractivity contribution is 7.89. The van der Waals surface area contributed by atoms with Crippen LogP contribution in [0.25, 0.3) is 11.0 Å². The number of aryl methyl sites for hydroxylation is 2. The summed E-state index contributed by atoms with van der Waals surface area (Å²) in [4.78, 5) is 16.8. The lowest BCUT2D eigenvalue weighted by Gasteiger charge is -2.10. The Kier molecular flexibility index (Phi) is 6.61. The van der Waals surface area contributed by atoms with E-state index in [1.807, 2.05) is 0 Å². The van der Waals surface area contributed by atoms with Crippen molar-refractivity contribution in [1.29, 1.82) is 0 Å². The van der Waals surface area contributed by atoms with E-state index >= 15 is 0 Å². The van der Waals surface area contributed by atoms with Gasteiger partial charge in [0.1, 0.15) is 5.82 Å². The Morgan fingerprint density at radius 2 is 1.78 bits per heavy atom. The van der Waals surface area contributed by atoms with Crippen molar-refractivity contribution in [3.8, 4) is 0 Å². The molecule has 0 aliphatic carbocycles. The molecule has 1 N–H and O–H groups in total. The number of hydrogen-bond donors (Lipinski definition) is 1. The molecule has 1 aromatic heterocycles. The summed E-state index contributed by atoms with van der Waals surface area (Å²) in [6, 6.07) is 9.30. The summed E-state index contributed by atoms with van der Waals surface area (Å²) < 4.78 is 65.4. The third-order valence-electron chi connectivity index (χ3n) is 5.07. The van der Waals surface area contributed by atoms with Crippen LogP contribution in [-0.4, -0.2) is 42.3 Å². The van der Waals surface area contributed by atoms with Gasteiger partial charge in [-0.15, -0.1) is 0 Å². The zero-order chi connectivity index (χ0) is 23.7. The van der Waals surface area contributed by atoms with Crippen molar-refractivity contribution in [2.75, 3.05) is 14.1 Å². The van der Waals surface area contributed by atoms with Gasteiger partial charge in [-0.3, -0.25) is 4.79 Å². The van der Waals surface area contributed by atoms with Gasteiger partial charge in [0, 0.05) is 40.5 Å². The van der Waals surface area contributed by atoms with E-state index in [0.29, 0.717) is 23.3 Å². The smallest absolute Gasteiger partial charge is 0.352 e. The molecule has 1 amide bonds. The maximum absolute atomic E-state index is 12.6. The van der Waals surface area contributed by atoms with Crippen molar-refractivity contribution in [2.45, 2.75) is 30.5 Å². The van der Waals surface area contributed by atoms with Crippen molar-refractivity contribution in [2.24, 2.45) is 7.05 Å². The number of nitrogens with one attached hydrogen (secondary N) is 1. The van der Waals surface area contributed by atoms with Crippen molar-refractivity contribution >= 4 is 27.0 Å². The number of halogens is 3. The van der Waals surface area contributed by atoms with Gasteiger partial charge in [0.25, 0.3) is 0 Å². The number of hydrogen-bond acceptors (Lipinski definition) is 4. The molecule has 3 rings (SSSR count). The topological polar surface area (TPSA) is 84.3 Å². The van der Waals surface area contributed by atoms with Gasteiger partial charge < -0.3 is 9.88 Å². The summed E-state index contributed by atoms with van der Waals surface area (Å²) >= 11 is 0. The quantitative estimate of drug-likeness (QED) is 0.578. The molecule has 0 spiro atoms. The molecule has 1 heterocycles. The van der Waals surface area contributed by atoms with Crippen LogP contribution in [0.15, 0.2) is 47.4 Å². The Morgan fingerprint density at radius 3 is 2.38 bits per heavy atom. The number of carbonyl (C=O) groups excluding carboxylic acids is 1. The van der Waals surface area contributed by atoms with Gasteiger partial charge in [0.2, 0.25) is 15.9 Å². The third kappa shape index (κ3) is 5.10. The molecule has 11 heteroatoms. The van der Waals surface area contributed by atoms with Gasteiger partial charge in [0.05, 0.1) is 21.5 Å². The molecule has 0 atom stereocenters. The number of imidazole rings is 1. The van der Waals surface area contributed by atoms with Gasteiger partial charge in [0.15, 0.2) is 0 Å². The predicted octanol–water partition coefficient (Wildman–Crippen LogP) is 3.09. The average molecular weight is 469 g/mol. The predicted molar refractivity (Wildman–Crippen MR) is 113 cm³/mol. The lowest BCUT2D eigenvalue weighted by molar-refractivity contribution is -0.137. The van der Waals surface area contributed by atoms with Gasteiger partial charge in [-0.1, -0.05) is 12.1 Å². The minimum absolute atomic E-state index is 0.116. The van der Waals surface area contributed by atoms with E-state index in [9.17, 15) is 26.4 Å². The molecule has 7 nitrogen and oxygen atoms in total. The van der Waals surface area contributed by atoms with Gasteiger partial charge in [-0.25, -0.2) is 17.7 Å². The number of fused-ring (bicyclic) bond motifs is 1. The highest BCUT2D eigenvalue weighted by atomic mass is 32.2. The molecule has 0 unspecified atom stereocenters. The summed E-state index contributed by atoms with van der Waals surface area (Å²) in [5.41, 5.74) is 1.07. The fourth-order valence-electron chi connectivity index (χ4n) is 3.15. The van der Waals surface area contributed by atoms with Crippen molar-refractivity contribution in [3.63, 3.8) is 0 Å². The molecule has 172 valence electrons. The minimum atomic E-state index is -4.40. The Labute approximate surface area is 183 Å². The van der Waals surface area contributed by atoms with Crippen LogP contribution >= 0.6 is 0 Å². The van der Waals surface area contributed by atoms with Crippen LogP contribution in [0.3, 0.4) is 0 Å². The second kappa shape index (κ2) is 8.91. The van der Waals surface area contributed by atoms with Gasteiger partial charge >= 0.3 is 6.18 Å². The fraction of sp³-hybridized carbons (Fsp3) is 0.333. The van der Waals surface area contributed by atoms with Crippen molar-refractivity contribution in [3.05, 3.63) is 59.4 Å². The zero-order valence-corrected chi connectivity index (χ0v) is 18.6. The Bertz CT molecular complexity index is 1230. The van der Waals surface area contributed by atoms with Crippen LogP contribution in [0.4, 0.5) is 13.2 Å². The number of amides is 1. The number of nitrogens with zero attached hydrogens (tertiary/aromatic N) is 3. The molecule has 0 aliphatic heterocycles. The third-order valence-corrected chi connectivity index (χ3v) is 6.88. The number of aromatic nitrogens is 2. The lowest BCUT2D eigenvalue weighted by Crippen LogP contribution is -2.23. The Morgan fingerprint density at radius 1 is 1.12 bits per heavy atom. The minimum Gasteiger partial charge on any atom is -0.352 e. The summed E-state index contributed by atoms with van der Waals surface area (Å²) in [5.74, 6) is 0.344. The molecular weight excluding hydrogens is 445 g/mol. The van der Waals surface area contributed by atoms with Crippen LogP contribution < -0.4 is 5.32 Å². The first-order chi connectivity index (χ1) is 14.9. The molecule has 0 bridgehead atoms. The molecule has 0 radical (unpaired) electrons. The zero-order valence-electron chi connectivity index (χ0n) is 17.8. The molecule has 32 heavy (non-hydrogen) atoms. The van der Waals surface area contributed by atoms with Crippen LogP contribution in [0.1, 0.15) is 23.4 Å². The Balaban J connectivity index is 1.63. The van der Waals surface area contributed by atoms with Crippen LogP contribution in [0.5, 0.6) is 0 Å².